The molecule has 3 heteroatoms. The Bertz CT molecular complexity index is 483. The minimum absolute atomic E-state index is 0.225. The van der Waals surface area contributed by atoms with E-state index in [1.807, 2.05) is 12.1 Å². The van der Waals surface area contributed by atoms with Crippen molar-refractivity contribution in [2.24, 2.45) is 0 Å². The Morgan fingerprint density at radius 3 is 2.85 bits per heavy atom. The number of hydrogen-bond donors (Lipinski definition) is 1. The van der Waals surface area contributed by atoms with E-state index in [9.17, 15) is 5.11 Å². The minimum atomic E-state index is -0.614. The first kappa shape index (κ1) is 13.9. The average molecular weight is 276 g/mol. The van der Waals surface area contributed by atoms with Crippen LogP contribution >= 0.6 is 0 Å². The molecule has 20 heavy (non-hydrogen) atoms. The average Bonchev–Trinajstić information content (AvgIpc) is 2.37. The Balaban J connectivity index is 1.78. The lowest BCUT2D eigenvalue weighted by molar-refractivity contribution is -0.149. The largest absolute Gasteiger partial charge is 0.493 e. The number of ether oxygens (including phenoxy) is 2. The normalized spacial score (nSPS) is 32.2. The topological polar surface area (TPSA) is 38.7 Å². The molecule has 0 bridgehead atoms. The predicted octanol–water partition coefficient (Wildman–Crippen LogP) is 3.26. The third-order valence-electron chi connectivity index (χ3n) is 4.52. The molecule has 2 atom stereocenters. The van der Waals surface area contributed by atoms with Gasteiger partial charge >= 0.3 is 0 Å². The van der Waals surface area contributed by atoms with E-state index in [0.29, 0.717) is 18.9 Å². The van der Waals surface area contributed by atoms with Crippen molar-refractivity contribution in [1.82, 2.24) is 0 Å². The summed E-state index contributed by atoms with van der Waals surface area (Å²) in [5.74, 6) is 1.37. The molecular weight excluding hydrogens is 252 g/mol. The summed E-state index contributed by atoms with van der Waals surface area (Å²) < 4.78 is 11.4. The first-order chi connectivity index (χ1) is 9.48. The zero-order valence-corrected chi connectivity index (χ0v) is 12.4. The van der Waals surface area contributed by atoms with Crippen molar-refractivity contribution in [3.8, 4) is 5.75 Å². The fourth-order valence-corrected chi connectivity index (χ4v) is 3.71. The van der Waals surface area contributed by atoms with Crippen molar-refractivity contribution in [3.63, 3.8) is 0 Å². The van der Waals surface area contributed by atoms with Crippen LogP contribution in [0.5, 0.6) is 5.75 Å². The Hall–Kier alpha value is -1.06. The van der Waals surface area contributed by atoms with Crippen molar-refractivity contribution < 1.29 is 14.6 Å². The van der Waals surface area contributed by atoms with Gasteiger partial charge in [-0.2, -0.15) is 0 Å². The first-order valence-corrected chi connectivity index (χ1v) is 7.56. The van der Waals surface area contributed by atoms with Crippen molar-refractivity contribution in [2.45, 2.75) is 56.7 Å². The second-order valence-corrected chi connectivity index (χ2v) is 6.84. The molecule has 2 aliphatic heterocycles. The summed E-state index contributed by atoms with van der Waals surface area (Å²) in [5, 5.41) is 11.0. The second-order valence-electron chi connectivity index (χ2n) is 6.84. The lowest BCUT2D eigenvalue weighted by atomic mass is 9.75. The second kappa shape index (κ2) is 5.05. The zero-order chi connectivity index (χ0) is 14.2. The molecule has 0 aliphatic carbocycles. The molecule has 2 aliphatic rings. The third-order valence-corrected chi connectivity index (χ3v) is 4.52. The van der Waals surface area contributed by atoms with E-state index in [1.165, 1.54) is 5.56 Å². The highest BCUT2D eigenvalue weighted by Gasteiger charge is 2.41. The van der Waals surface area contributed by atoms with Gasteiger partial charge in [-0.3, -0.25) is 0 Å². The predicted molar refractivity (Wildman–Crippen MR) is 78.1 cm³/mol. The van der Waals surface area contributed by atoms with Crippen LogP contribution in [-0.2, 0) is 4.74 Å². The first-order valence-electron chi connectivity index (χ1n) is 7.56. The lowest BCUT2D eigenvalue weighted by Gasteiger charge is -2.43. The van der Waals surface area contributed by atoms with Gasteiger partial charge in [-0.25, -0.2) is 0 Å². The summed E-state index contributed by atoms with van der Waals surface area (Å²) in [7, 11) is 0. The van der Waals surface area contributed by atoms with Crippen molar-refractivity contribution in [2.75, 3.05) is 13.2 Å². The monoisotopic (exact) mass is 276 g/mol. The van der Waals surface area contributed by atoms with Crippen molar-refractivity contribution in [3.05, 3.63) is 29.8 Å². The van der Waals surface area contributed by atoms with Gasteiger partial charge in [0, 0.05) is 6.42 Å². The summed E-state index contributed by atoms with van der Waals surface area (Å²) in [6.07, 6.45) is 3.23. The molecule has 3 rings (SSSR count). The SMILES string of the molecule is CC1(C)CC(O)(CC2CCOc3ccccc32)CCO1. The smallest absolute Gasteiger partial charge is 0.122 e. The van der Waals surface area contributed by atoms with Crippen molar-refractivity contribution >= 4 is 0 Å². The van der Waals surface area contributed by atoms with E-state index in [1.54, 1.807) is 0 Å². The van der Waals surface area contributed by atoms with Crippen LogP contribution in [0.15, 0.2) is 24.3 Å². The maximum atomic E-state index is 11.0. The van der Waals surface area contributed by atoms with Gasteiger partial charge in [0.05, 0.1) is 24.4 Å². The molecule has 0 aromatic heterocycles. The van der Waals surface area contributed by atoms with Crippen LogP contribution in [0.25, 0.3) is 0 Å². The van der Waals surface area contributed by atoms with Gasteiger partial charge in [0.25, 0.3) is 0 Å². The van der Waals surface area contributed by atoms with Crippen LogP contribution in [0.2, 0.25) is 0 Å². The van der Waals surface area contributed by atoms with E-state index in [0.717, 1.165) is 31.6 Å². The molecule has 110 valence electrons. The van der Waals surface area contributed by atoms with Gasteiger partial charge in [-0.15, -0.1) is 0 Å². The fraction of sp³-hybridized carbons (Fsp3) is 0.647. The molecule has 2 unspecified atom stereocenters. The number of para-hydroxylation sites is 1. The van der Waals surface area contributed by atoms with Gasteiger partial charge in [0.1, 0.15) is 5.75 Å². The molecular formula is C17H24O3. The number of rotatable bonds is 2. The van der Waals surface area contributed by atoms with Gasteiger partial charge in [-0.1, -0.05) is 18.2 Å². The minimum Gasteiger partial charge on any atom is -0.493 e. The van der Waals surface area contributed by atoms with Crippen LogP contribution in [0.1, 0.15) is 51.0 Å². The number of benzene rings is 1. The molecule has 0 radical (unpaired) electrons. The molecule has 0 spiro atoms. The summed E-state index contributed by atoms with van der Waals surface area (Å²) in [6.45, 7) is 5.52. The summed E-state index contributed by atoms with van der Waals surface area (Å²) in [5.41, 5.74) is 0.408. The number of hydrogen-bond acceptors (Lipinski definition) is 3. The Morgan fingerprint density at radius 2 is 2.05 bits per heavy atom. The maximum Gasteiger partial charge on any atom is 0.122 e. The molecule has 1 N–H and O–H groups in total. The summed E-state index contributed by atoms with van der Waals surface area (Å²) in [4.78, 5) is 0. The molecule has 1 saturated heterocycles. The van der Waals surface area contributed by atoms with Crippen LogP contribution in [0, 0.1) is 0 Å². The highest BCUT2D eigenvalue weighted by Crippen LogP contribution is 2.43. The number of aliphatic hydroxyl groups is 1. The van der Waals surface area contributed by atoms with E-state index >= 15 is 0 Å². The fourth-order valence-electron chi connectivity index (χ4n) is 3.71. The standard InChI is InChI=1S/C17H24O3/c1-16(2)12-17(18,8-10-20-16)11-13-7-9-19-15-6-4-3-5-14(13)15/h3-6,13,18H,7-12H2,1-2H3. The van der Waals surface area contributed by atoms with E-state index in [-0.39, 0.29) is 5.60 Å². The molecule has 0 saturated carbocycles. The highest BCUT2D eigenvalue weighted by molar-refractivity contribution is 5.38. The third kappa shape index (κ3) is 2.84. The molecule has 1 fully saturated rings. The van der Waals surface area contributed by atoms with Gasteiger partial charge in [-0.05, 0) is 50.7 Å². The zero-order valence-electron chi connectivity index (χ0n) is 12.4. The number of fused-ring (bicyclic) bond motifs is 1. The summed E-state index contributed by atoms with van der Waals surface area (Å²) >= 11 is 0. The van der Waals surface area contributed by atoms with Gasteiger partial charge < -0.3 is 14.6 Å². The van der Waals surface area contributed by atoms with E-state index in [2.05, 4.69) is 26.0 Å². The Morgan fingerprint density at radius 1 is 1.25 bits per heavy atom. The maximum absolute atomic E-state index is 11.0. The Labute approximate surface area is 120 Å². The van der Waals surface area contributed by atoms with E-state index < -0.39 is 5.60 Å². The molecule has 3 nitrogen and oxygen atoms in total. The molecule has 1 aromatic rings. The van der Waals surface area contributed by atoms with Crippen LogP contribution < -0.4 is 4.74 Å². The van der Waals surface area contributed by atoms with E-state index in [4.69, 9.17) is 9.47 Å². The quantitative estimate of drug-likeness (QED) is 0.901. The molecule has 0 amide bonds. The van der Waals surface area contributed by atoms with Crippen LogP contribution in [0.4, 0.5) is 0 Å². The van der Waals surface area contributed by atoms with Gasteiger partial charge in [0.2, 0.25) is 0 Å². The highest BCUT2D eigenvalue weighted by atomic mass is 16.5. The van der Waals surface area contributed by atoms with Crippen molar-refractivity contribution in [1.29, 1.82) is 0 Å². The summed E-state index contributed by atoms with van der Waals surface area (Å²) in [6, 6.07) is 8.22. The van der Waals surface area contributed by atoms with Gasteiger partial charge in [0.15, 0.2) is 0 Å². The lowest BCUT2D eigenvalue weighted by Crippen LogP contribution is -2.46. The molecule has 2 heterocycles. The van der Waals surface area contributed by atoms with Crippen LogP contribution in [0.3, 0.4) is 0 Å². The molecule has 1 aromatic carbocycles. The van der Waals surface area contributed by atoms with Crippen LogP contribution in [-0.4, -0.2) is 29.5 Å². The Kier molecular flexibility index (Phi) is 3.51.